The van der Waals surface area contributed by atoms with E-state index in [2.05, 4.69) is 15.3 Å². The zero-order valence-electron chi connectivity index (χ0n) is 12.6. The number of aromatic nitrogens is 2. The molecular weight excluding hydrogens is 309 g/mol. The van der Waals surface area contributed by atoms with Crippen LogP contribution >= 0.6 is 0 Å². The largest absolute Gasteiger partial charge is 0.356 e. The number of benzene rings is 1. The van der Waals surface area contributed by atoms with E-state index in [1.54, 1.807) is 24.5 Å². The Morgan fingerprint density at radius 1 is 1.04 bits per heavy atom. The molecule has 3 rings (SSSR count). The second-order valence-electron chi connectivity index (χ2n) is 5.18. The molecule has 2 heterocycles. The van der Waals surface area contributed by atoms with E-state index in [0.29, 0.717) is 17.7 Å². The molecule has 0 fully saturated rings. The molecule has 0 aliphatic rings. The Bertz CT molecular complexity index is 857. The summed E-state index contributed by atoms with van der Waals surface area (Å²) >= 11 is 0. The Balaban J connectivity index is 1.67. The highest BCUT2D eigenvalue weighted by Crippen LogP contribution is 2.12. The topological polar surface area (TPSA) is 74.8 Å². The monoisotopic (exact) mass is 323 g/mol. The summed E-state index contributed by atoms with van der Waals surface area (Å²) in [4.78, 5) is 31.1. The third kappa shape index (κ3) is 3.55. The van der Waals surface area contributed by atoms with Crippen LogP contribution in [0.2, 0.25) is 0 Å². The van der Waals surface area contributed by atoms with Crippen molar-refractivity contribution in [2.24, 2.45) is 0 Å². The van der Waals surface area contributed by atoms with E-state index in [4.69, 9.17) is 0 Å². The summed E-state index contributed by atoms with van der Waals surface area (Å²) in [5.74, 6) is -0.999. The summed E-state index contributed by atoms with van der Waals surface area (Å²) in [5, 5.41) is 2.76. The molecule has 3 aromatic rings. The van der Waals surface area contributed by atoms with Gasteiger partial charge in [0.25, 0.3) is 5.91 Å². The lowest BCUT2D eigenvalue weighted by Crippen LogP contribution is -2.23. The van der Waals surface area contributed by atoms with Crippen LogP contribution in [0, 0.1) is 5.82 Å². The van der Waals surface area contributed by atoms with E-state index in [9.17, 15) is 14.0 Å². The average Bonchev–Trinajstić information content (AvgIpc) is 3.11. The Hall–Kier alpha value is -3.28. The van der Waals surface area contributed by atoms with E-state index >= 15 is 0 Å². The van der Waals surface area contributed by atoms with Crippen LogP contribution in [0.1, 0.15) is 32.0 Å². The number of hydrogen-bond donors (Lipinski definition) is 2. The predicted molar refractivity (Wildman–Crippen MR) is 86.0 cm³/mol. The molecule has 0 radical (unpaired) electrons. The lowest BCUT2D eigenvalue weighted by Gasteiger charge is -2.03. The lowest BCUT2D eigenvalue weighted by molar-refractivity contribution is 0.0946. The highest BCUT2D eigenvalue weighted by molar-refractivity contribution is 6.10. The van der Waals surface area contributed by atoms with Crippen LogP contribution in [0.4, 0.5) is 4.39 Å². The molecule has 2 N–H and O–H groups in total. The highest BCUT2D eigenvalue weighted by Gasteiger charge is 2.14. The number of carbonyl (C=O) groups excluding carboxylic acids is 2. The first-order valence-corrected chi connectivity index (χ1v) is 7.29. The first-order chi connectivity index (χ1) is 11.6. The van der Waals surface area contributed by atoms with E-state index in [1.165, 1.54) is 36.5 Å². The summed E-state index contributed by atoms with van der Waals surface area (Å²) in [7, 11) is 0. The predicted octanol–water partition coefficient (Wildman–Crippen LogP) is 2.71. The molecule has 2 aromatic heterocycles. The number of rotatable bonds is 5. The number of H-pyrrole nitrogens is 1. The van der Waals surface area contributed by atoms with Gasteiger partial charge >= 0.3 is 0 Å². The highest BCUT2D eigenvalue weighted by atomic mass is 19.1. The fourth-order valence-corrected chi connectivity index (χ4v) is 2.20. The maximum atomic E-state index is 12.9. The standard InChI is InChI=1S/C18H14FN3O2/c19-15-3-1-13(2-4-15)17(23)14-9-16(21-11-14)18(24)22-10-12-5-7-20-8-6-12/h1-9,11,21H,10H2,(H,22,24). The van der Waals surface area contributed by atoms with E-state index in [0.717, 1.165) is 5.56 Å². The van der Waals surface area contributed by atoms with Crippen LogP contribution in [0.5, 0.6) is 0 Å². The van der Waals surface area contributed by atoms with Crippen molar-refractivity contribution in [1.82, 2.24) is 15.3 Å². The Labute approximate surface area is 137 Å². The molecule has 0 unspecified atom stereocenters. The zero-order valence-corrected chi connectivity index (χ0v) is 12.6. The molecule has 0 saturated heterocycles. The quantitative estimate of drug-likeness (QED) is 0.709. The van der Waals surface area contributed by atoms with Crippen LogP contribution < -0.4 is 5.32 Å². The normalized spacial score (nSPS) is 10.4. The molecule has 0 aliphatic heterocycles. The van der Waals surface area contributed by atoms with Gasteiger partial charge in [0.05, 0.1) is 0 Å². The van der Waals surface area contributed by atoms with Crippen molar-refractivity contribution in [2.45, 2.75) is 6.54 Å². The van der Waals surface area contributed by atoms with Crippen LogP contribution in [0.25, 0.3) is 0 Å². The van der Waals surface area contributed by atoms with Crippen molar-refractivity contribution >= 4 is 11.7 Å². The SMILES string of the molecule is O=C(c1ccc(F)cc1)c1c[nH]c(C(=O)NCc2ccncc2)c1. The van der Waals surface area contributed by atoms with Gasteiger partial charge in [-0.15, -0.1) is 0 Å². The lowest BCUT2D eigenvalue weighted by atomic mass is 10.1. The number of ketones is 1. The number of halogens is 1. The minimum Gasteiger partial charge on any atom is -0.356 e. The average molecular weight is 323 g/mol. The van der Waals surface area contributed by atoms with Crippen molar-refractivity contribution in [1.29, 1.82) is 0 Å². The summed E-state index contributed by atoms with van der Waals surface area (Å²) < 4.78 is 12.9. The van der Waals surface area contributed by atoms with Crippen molar-refractivity contribution in [3.63, 3.8) is 0 Å². The number of hydrogen-bond acceptors (Lipinski definition) is 3. The van der Waals surface area contributed by atoms with Crippen LogP contribution in [0.3, 0.4) is 0 Å². The Morgan fingerprint density at radius 3 is 2.46 bits per heavy atom. The minimum absolute atomic E-state index is 0.278. The number of aromatic amines is 1. The van der Waals surface area contributed by atoms with Crippen molar-refractivity contribution in [3.8, 4) is 0 Å². The van der Waals surface area contributed by atoms with Gasteiger partial charge in [0.2, 0.25) is 0 Å². The smallest absolute Gasteiger partial charge is 0.267 e. The van der Waals surface area contributed by atoms with E-state index in [-0.39, 0.29) is 17.4 Å². The summed E-state index contributed by atoms with van der Waals surface area (Å²) in [6.45, 7) is 0.363. The third-order valence-electron chi connectivity index (χ3n) is 3.50. The van der Waals surface area contributed by atoms with Crippen molar-refractivity contribution in [2.75, 3.05) is 0 Å². The molecule has 1 amide bonds. The molecule has 0 saturated carbocycles. The van der Waals surface area contributed by atoms with Gasteiger partial charge in [-0.25, -0.2) is 4.39 Å². The van der Waals surface area contributed by atoms with Gasteiger partial charge in [-0.05, 0) is 48.0 Å². The van der Waals surface area contributed by atoms with Gasteiger partial charge < -0.3 is 10.3 Å². The number of pyridine rings is 1. The molecule has 6 heteroatoms. The Kier molecular flexibility index (Phi) is 4.47. The maximum Gasteiger partial charge on any atom is 0.267 e. The molecule has 1 aromatic carbocycles. The van der Waals surface area contributed by atoms with Crippen LogP contribution in [-0.4, -0.2) is 21.7 Å². The summed E-state index contributed by atoms with van der Waals surface area (Å²) in [6, 6.07) is 10.4. The van der Waals surface area contributed by atoms with Crippen LogP contribution in [0.15, 0.2) is 61.1 Å². The molecule has 5 nitrogen and oxygen atoms in total. The number of amides is 1. The van der Waals surface area contributed by atoms with Gasteiger partial charge in [0.1, 0.15) is 11.5 Å². The molecule has 0 bridgehead atoms. The van der Waals surface area contributed by atoms with Crippen molar-refractivity contribution in [3.05, 3.63) is 89.3 Å². The molecule has 0 aliphatic carbocycles. The summed E-state index contributed by atoms with van der Waals surface area (Å²) in [5.41, 5.74) is 1.91. The first kappa shape index (κ1) is 15.6. The summed E-state index contributed by atoms with van der Waals surface area (Å²) in [6.07, 6.45) is 4.76. The van der Waals surface area contributed by atoms with E-state index in [1.807, 2.05) is 0 Å². The van der Waals surface area contributed by atoms with Gasteiger partial charge in [0, 0.05) is 36.3 Å². The molecular formula is C18H14FN3O2. The van der Waals surface area contributed by atoms with Crippen LogP contribution in [-0.2, 0) is 6.54 Å². The maximum absolute atomic E-state index is 12.9. The van der Waals surface area contributed by atoms with Gasteiger partial charge in [0.15, 0.2) is 5.78 Å². The fourth-order valence-electron chi connectivity index (χ4n) is 2.20. The number of nitrogens with one attached hydrogen (secondary N) is 2. The molecule has 0 atom stereocenters. The second kappa shape index (κ2) is 6.87. The second-order valence-corrected chi connectivity index (χ2v) is 5.18. The fraction of sp³-hybridized carbons (Fsp3) is 0.0556. The Morgan fingerprint density at radius 2 is 1.75 bits per heavy atom. The number of nitrogens with zero attached hydrogens (tertiary/aromatic N) is 1. The number of carbonyl (C=O) groups is 2. The van der Waals surface area contributed by atoms with Crippen molar-refractivity contribution < 1.29 is 14.0 Å². The minimum atomic E-state index is -0.406. The van der Waals surface area contributed by atoms with Gasteiger partial charge in [-0.2, -0.15) is 0 Å². The molecule has 24 heavy (non-hydrogen) atoms. The third-order valence-corrected chi connectivity index (χ3v) is 3.50. The zero-order chi connectivity index (χ0) is 16.9. The molecule has 120 valence electrons. The molecule has 0 spiro atoms. The van der Waals surface area contributed by atoms with Gasteiger partial charge in [-0.3, -0.25) is 14.6 Å². The van der Waals surface area contributed by atoms with Gasteiger partial charge in [-0.1, -0.05) is 0 Å². The first-order valence-electron chi connectivity index (χ1n) is 7.29. The van der Waals surface area contributed by atoms with E-state index < -0.39 is 5.82 Å².